The van der Waals surface area contributed by atoms with Gasteiger partial charge < -0.3 is 5.32 Å². The summed E-state index contributed by atoms with van der Waals surface area (Å²) in [7, 11) is -2.94. The van der Waals surface area contributed by atoms with Crippen molar-refractivity contribution in [3.63, 3.8) is 0 Å². The van der Waals surface area contributed by atoms with E-state index in [1.165, 1.54) is 0 Å². The number of hydrogen-bond donors (Lipinski definition) is 1. The van der Waals surface area contributed by atoms with E-state index in [-0.39, 0.29) is 5.25 Å². The highest BCUT2D eigenvalue weighted by atomic mass is 32.2. The maximum absolute atomic E-state index is 11.9. The molecule has 0 aromatic heterocycles. The minimum absolute atomic E-state index is 0.0599. The number of nitrogens with one attached hydrogen (secondary N) is 1. The van der Waals surface area contributed by atoms with Crippen molar-refractivity contribution in [3.8, 4) is 0 Å². The van der Waals surface area contributed by atoms with Gasteiger partial charge in [-0.05, 0) is 19.3 Å². The Hall–Kier alpha value is -0.130. The summed E-state index contributed by atoms with van der Waals surface area (Å²) in [6.07, 6.45) is 2.67. The molecule has 0 aromatic rings. The van der Waals surface area contributed by atoms with Gasteiger partial charge in [0.2, 0.25) is 10.0 Å². The monoisotopic (exact) mass is 232 g/mol. The van der Waals surface area contributed by atoms with Crippen molar-refractivity contribution in [2.75, 3.05) is 13.1 Å². The quantitative estimate of drug-likeness (QED) is 0.770. The van der Waals surface area contributed by atoms with Crippen LogP contribution in [0.25, 0.3) is 0 Å². The first-order chi connectivity index (χ1) is 7.00. The van der Waals surface area contributed by atoms with E-state index in [0.717, 1.165) is 19.3 Å². The van der Waals surface area contributed by atoms with E-state index in [9.17, 15) is 8.42 Å². The third kappa shape index (κ3) is 2.52. The molecule has 5 heteroatoms. The van der Waals surface area contributed by atoms with Gasteiger partial charge in [-0.3, -0.25) is 0 Å². The molecule has 1 aliphatic heterocycles. The van der Waals surface area contributed by atoms with Crippen LogP contribution >= 0.6 is 0 Å². The highest BCUT2D eigenvalue weighted by Crippen LogP contribution is 2.32. The Balaban J connectivity index is 1.92. The lowest BCUT2D eigenvalue weighted by molar-refractivity contribution is 0.440. The molecule has 0 spiro atoms. The molecule has 2 fully saturated rings. The molecule has 1 saturated carbocycles. The molecule has 1 atom stereocenters. The van der Waals surface area contributed by atoms with Gasteiger partial charge in [0.1, 0.15) is 0 Å². The van der Waals surface area contributed by atoms with Crippen molar-refractivity contribution < 1.29 is 8.42 Å². The van der Waals surface area contributed by atoms with Crippen LogP contribution in [0.4, 0.5) is 0 Å². The zero-order valence-corrected chi connectivity index (χ0v) is 10.3. The zero-order chi connectivity index (χ0) is 11.1. The van der Waals surface area contributed by atoms with E-state index in [2.05, 4.69) is 19.2 Å². The maximum atomic E-state index is 11.9. The molecule has 2 rings (SSSR count). The summed E-state index contributed by atoms with van der Waals surface area (Å²) in [5, 5.41) is 3.34. The van der Waals surface area contributed by atoms with Crippen molar-refractivity contribution in [1.82, 2.24) is 9.62 Å². The third-order valence-electron chi connectivity index (χ3n) is 3.03. The van der Waals surface area contributed by atoms with Crippen molar-refractivity contribution in [2.45, 2.75) is 50.4 Å². The lowest BCUT2D eigenvalue weighted by Crippen LogP contribution is -2.39. The van der Waals surface area contributed by atoms with Gasteiger partial charge in [0, 0.05) is 25.2 Å². The Morgan fingerprint density at radius 3 is 2.47 bits per heavy atom. The number of nitrogens with zero attached hydrogens (tertiary/aromatic N) is 1. The summed E-state index contributed by atoms with van der Waals surface area (Å²) in [6, 6.07) is 0.775. The molecule has 0 bridgehead atoms. The third-order valence-corrected chi connectivity index (χ3v) is 5.39. The lowest BCUT2D eigenvalue weighted by atomic mass is 10.2. The van der Waals surface area contributed by atoms with Gasteiger partial charge in [-0.15, -0.1) is 0 Å². The predicted octanol–water partition coefficient (Wildman–Crippen LogP) is 0.551. The van der Waals surface area contributed by atoms with Crippen LogP contribution in [0.3, 0.4) is 0 Å². The SMILES string of the molecule is CC(C)NC1CCN(S(=O)(=O)C2CC2)C1. The molecular weight excluding hydrogens is 212 g/mol. The van der Waals surface area contributed by atoms with Gasteiger partial charge in [-0.25, -0.2) is 12.7 Å². The molecule has 15 heavy (non-hydrogen) atoms. The normalized spacial score (nSPS) is 28.9. The summed E-state index contributed by atoms with van der Waals surface area (Å²) in [6.45, 7) is 5.55. The summed E-state index contributed by atoms with van der Waals surface area (Å²) in [5.41, 5.74) is 0. The van der Waals surface area contributed by atoms with Crippen LogP contribution in [0.2, 0.25) is 0 Å². The summed E-state index contributed by atoms with van der Waals surface area (Å²) >= 11 is 0. The first kappa shape index (κ1) is 11.4. The van der Waals surface area contributed by atoms with E-state index < -0.39 is 10.0 Å². The van der Waals surface area contributed by atoms with Crippen molar-refractivity contribution in [3.05, 3.63) is 0 Å². The van der Waals surface area contributed by atoms with E-state index in [4.69, 9.17) is 0 Å². The smallest absolute Gasteiger partial charge is 0.217 e. The first-order valence-corrected chi connectivity index (χ1v) is 7.25. The Bertz CT molecular complexity index is 322. The lowest BCUT2D eigenvalue weighted by Gasteiger charge is -2.18. The minimum atomic E-state index is -2.94. The first-order valence-electron chi connectivity index (χ1n) is 5.75. The highest BCUT2D eigenvalue weighted by Gasteiger charge is 2.42. The Labute approximate surface area is 92.1 Å². The molecule has 4 nitrogen and oxygen atoms in total. The molecule has 88 valence electrons. The average molecular weight is 232 g/mol. The second-order valence-corrected chi connectivity index (χ2v) is 7.12. The van der Waals surface area contributed by atoms with E-state index in [1.807, 2.05) is 0 Å². The van der Waals surface area contributed by atoms with Gasteiger partial charge in [-0.2, -0.15) is 0 Å². The fourth-order valence-corrected chi connectivity index (χ4v) is 4.04. The standard InChI is InChI=1S/C10H20N2O2S/c1-8(2)11-9-5-6-12(7-9)15(13,14)10-3-4-10/h8-11H,3-7H2,1-2H3. The van der Waals surface area contributed by atoms with Crippen molar-refractivity contribution in [1.29, 1.82) is 0 Å². The summed E-state index contributed by atoms with van der Waals surface area (Å²) < 4.78 is 25.5. The largest absolute Gasteiger partial charge is 0.310 e. The highest BCUT2D eigenvalue weighted by molar-refractivity contribution is 7.90. The molecule has 2 aliphatic rings. The Morgan fingerprint density at radius 1 is 1.27 bits per heavy atom. The molecular formula is C10H20N2O2S. The number of sulfonamides is 1. The topological polar surface area (TPSA) is 49.4 Å². The summed E-state index contributed by atoms with van der Waals surface area (Å²) in [5.74, 6) is 0. The van der Waals surface area contributed by atoms with E-state index >= 15 is 0 Å². The van der Waals surface area contributed by atoms with Crippen LogP contribution in [-0.2, 0) is 10.0 Å². The second-order valence-electron chi connectivity index (χ2n) is 4.91. The summed E-state index contributed by atoms with van der Waals surface area (Å²) in [4.78, 5) is 0. The van der Waals surface area contributed by atoms with Gasteiger partial charge in [0.15, 0.2) is 0 Å². The average Bonchev–Trinajstić information content (AvgIpc) is 2.88. The maximum Gasteiger partial charge on any atom is 0.217 e. The van der Waals surface area contributed by atoms with Crippen LogP contribution in [0.1, 0.15) is 33.1 Å². The van der Waals surface area contributed by atoms with Gasteiger partial charge in [0.25, 0.3) is 0 Å². The fourth-order valence-electron chi connectivity index (χ4n) is 2.14. The second kappa shape index (κ2) is 4.03. The molecule has 1 aliphatic carbocycles. The van der Waals surface area contributed by atoms with Crippen LogP contribution < -0.4 is 5.32 Å². The Morgan fingerprint density at radius 2 is 1.93 bits per heavy atom. The van der Waals surface area contributed by atoms with E-state index in [0.29, 0.717) is 25.2 Å². The molecule has 0 radical (unpaired) electrons. The van der Waals surface area contributed by atoms with Gasteiger partial charge in [0.05, 0.1) is 5.25 Å². The van der Waals surface area contributed by atoms with Crippen molar-refractivity contribution in [2.24, 2.45) is 0 Å². The number of rotatable bonds is 4. The van der Waals surface area contributed by atoms with Crippen LogP contribution in [0.5, 0.6) is 0 Å². The molecule has 1 saturated heterocycles. The molecule has 1 N–H and O–H groups in total. The molecule has 1 unspecified atom stereocenters. The zero-order valence-electron chi connectivity index (χ0n) is 9.44. The molecule has 1 heterocycles. The minimum Gasteiger partial charge on any atom is -0.310 e. The fraction of sp³-hybridized carbons (Fsp3) is 1.00. The predicted molar refractivity (Wildman–Crippen MR) is 60.2 cm³/mol. The molecule has 0 amide bonds. The van der Waals surface area contributed by atoms with E-state index in [1.54, 1.807) is 4.31 Å². The van der Waals surface area contributed by atoms with Gasteiger partial charge in [-0.1, -0.05) is 13.8 Å². The van der Waals surface area contributed by atoms with Crippen LogP contribution in [-0.4, -0.2) is 43.1 Å². The number of hydrogen-bond acceptors (Lipinski definition) is 3. The van der Waals surface area contributed by atoms with Crippen LogP contribution in [0.15, 0.2) is 0 Å². The van der Waals surface area contributed by atoms with Crippen molar-refractivity contribution >= 4 is 10.0 Å². The molecule has 0 aromatic carbocycles. The van der Waals surface area contributed by atoms with Crippen LogP contribution in [0, 0.1) is 0 Å². The Kier molecular flexibility index (Phi) is 3.05. The van der Waals surface area contributed by atoms with Gasteiger partial charge >= 0.3 is 0 Å².